The molecule has 0 saturated heterocycles. The lowest BCUT2D eigenvalue weighted by Gasteiger charge is -2.20. The van der Waals surface area contributed by atoms with Gasteiger partial charge in [0.25, 0.3) is 0 Å². The maximum atomic E-state index is 5.84. The largest absolute Gasteiger partial charge is 0.490 e. The lowest BCUT2D eigenvalue weighted by molar-refractivity contribution is 0.295. The molecule has 0 bridgehead atoms. The predicted molar refractivity (Wildman–Crippen MR) is 71.7 cm³/mol. The van der Waals surface area contributed by atoms with Gasteiger partial charge in [0.2, 0.25) is 0 Å². The van der Waals surface area contributed by atoms with E-state index in [1.54, 1.807) is 0 Å². The molecule has 0 atom stereocenters. The van der Waals surface area contributed by atoms with Crippen molar-refractivity contribution in [1.29, 1.82) is 0 Å². The van der Waals surface area contributed by atoms with Gasteiger partial charge in [-0.05, 0) is 17.5 Å². The summed E-state index contributed by atoms with van der Waals surface area (Å²) < 4.78 is 12.6. The first-order valence-corrected chi connectivity index (χ1v) is 6.75. The Bertz CT molecular complexity index is 418. The van der Waals surface area contributed by atoms with Crippen LogP contribution < -0.4 is 15.2 Å². The van der Waals surface area contributed by atoms with Gasteiger partial charge in [0.1, 0.15) is 0 Å². The van der Waals surface area contributed by atoms with Crippen LogP contribution in [0.25, 0.3) is 0 Å². The molecule has 94 valence electrons. The maximum Gasteiger partial charge on any atom is 0.165 e. The second kappa shape index (κ2) is 5.27. The van der Waals surface area contributed by atoms with Crippen molar-refractivity contribution in [3.8, 4) is 11.5 Å². The summed E-state index contributed by atoms with van der Waals surface area (Å²) in [6, 6.07) is 1.97. The number of fused-ring (bicyclic) bond motifs is 1. The first-order chi connectivity index (χ1) is 8.15. The van der Waals surface area contributed by atoms with Crippen molar-refractivity contribution >= 4 is 15.9 Å². The number of rotatable bonds is 2. The number of ether oxygens (including phenoxy) is 2. The van der Waals surface area contributed by atoms with Crippen LogP contribution in [0.3, 0.4) is 0 Å². The van der Waals surface area contributed by atoms with E-state index in [4.69, 9.17) is 15.2 Å². The van der Waals surface area contributed by atoms with Gasteiger partial charge in [-0.2, -0.15) is 0 Å². The summed E-state index contributed by atoms with van der Waals surface area (Å²) in [4.78, 5) is 0. The lowest BCUT2D eigenvalue weighted by Crippen LogP contribution is -2.08. The van der Waals surface area contributed by atoms with Crippen LogP contribution in [0.15, 0.2) is 10.5 Å². The Morgan fingerprint density at radius 3 is 2.71 bits per heavy atom. The maximum absolute atomic E-state index is 5.84. The molecule has 0 radical (unpaired) electrons. The number of hydrogen-bond donors (Lipinski definition) is 1. The SMILES string of the molecule is CC(C)c1c(CN)c(Br)cc2c1OCCCO2. The van der Waals surface area contributed by atoms with Crippen molar-refractivity contribution in [1.82, 2.24) is 0 Å². The highest BCUT2D eigenvalue weighted by Gasteiger charge is 2.22. The number of nitrogens with two attached hydrogens (primary N) is 1. The average molecular weight is 300 g/mol. The molecular formula is C13H18BrNO2. The van der Waals surface area contributed by atoms with Crippen LogP contribution in [0.1, 0.15) is 37.3 Å². The van der Waals surface area contributed by atoms with Gasteiger partial charge in [-0.1, -0.05) is 29.8 Å². The van der Waals surface area contributed by atoms with Gasteiger partial charge in [-0.25, -0.2) is 0 Å². The second-order valence-electron chi connectivity index (χ2n) is 4.49. The van der Waals surface area contributed by atoms with E-state index in [0.29, 0.717) is 25.7 Å². The first kappa shape index (κ1) is 12.7. The van der Waals surface area contributed by atoms with E-state index in [2.05, 4.69) is 29.8 Å². The van der Waals surface area contributed by atoms with E-state index in [9.17, 15) is 0 Å². The lowest BCUT2D eigenvalue weighted by atomic mass is 9.95. The van der Waals surface area contributed by atoms with Gasteiger partial charge >= 0.3 is 0 Å². The average Bonchev–Trinajstić information content (AvgIpc) is 2.51. The highest BCUT2D eigenvalue weighted by Crippen LogP contribution is 2.43. The molecule has 0 saturated carbocycles. The van der Waals surface area contributed by atoms with Crippen LogP contribution >= 0.6 is 15.9 Å². The van der Waals surface area contributed by atoms with E-state index in [1.165, 1.54) is 5.56 Å². The molecule has 4 heteroatoms. The summed E-state index contributed by atoms with van der Waals surface area (Å²) in [5.41, 5.74) is 8.12. The topological polar surface area (TPSA) is 44.5 Å². The third kappa shape index (κ3) is 2.43. The normalized spacial score (nSPS) is 14.9. The Balaban J connectivity index is 2.62. The van der Waals surface area contributed by atoms with Crippen LogP contribution in [-0.4, -0.2) is 13.2 Å². The molecule has 1 heterocycles. The Hall–Kier alpha value is -0.740. The third-order valence-electron chi connectivity index (χ3n) is 2.91. The van der Waals surface area contributed by atoms with Crippen LogP contribution in [0, 0.1) is 0 Å². The highest BCUT2D eigenvalue weighted by molar-refractivity contribution is 9.10. The molecule has 0 aliphatic carbocycles. The van der Waals surface area contributed by atoms with E-state index >= 15 is 0 Å². The molecule has 3 nitrogen and oxygen atoms in total. The molecule has 0 spiro atoms. The molecule has 2 rings (SSSR count). The Morgan fingerprint density at radius 2 is 2.06 bits per heavy atom. The fraction of sp³-hybridized carbons (Fsp3) is 0.538. The summed E-state index contributed by atoms with van der Waals surface area (Å²) in [6.07, 6.45) is 0.918. The van der Waals surface area contributed by atoms with Gasteiger partial charge < -0.3 is 15.2 Å². The fourth-order valence-corrected chi connectivity index (χ4v) is 2.74. The molecule has 1 aromatic carbocycles. The summed E-state index contributed by atoms with van der Waals surface area (Å²) >= 11 is 3.56. The monoisotopic (exact) mass is 299 g/mol. The number of halogens is 1. The van der Waals surface area contributed by atoms with Crippen LogP contribution in [-0.2, 0) is 6.54 Å². The van der Waals surface area contributed by atoms with Gasteiger partial charge in [-0.15, -0.1) is 0 Å². The summed E-state index contributed by atoms with van der Waals surface area (Å²) in [7, 11) is 0. The quantitative estimate of drug-likeness (QED) is 0.912. The van der Waals surface area contributed by atoms with Gasteiger partial charge in [-0.3, -0.25) is 0 Å². The molecule has 0 unspecified atom stereocenters. The molecule has 1 aliphatic rings. The molecule has 1 aromatic rings. The summed E-state index contributed by atoms with van der Waals surface area (Å²) in [5.74, 6) is 2.07. The molecular weight excluding hydrogens is 282 g/mol. The van der Waals surface area contributed by atoms with Crippen molar-refractivity contribution < 1.29 is 9.47 Å². The molecule has 1 aliphatic heterocycles. The molecule has 0 amide bonds. The van der Waals surface area contributed by atoms with Gasteiger partial charge in [0.15, 0.2) is 11.5 Å². The zero-order valence-corrected chi connectivity index (χ0v) is 11.8. The van der Waals surface area contributed by atoms with E-state index in [0.717, 1.165) is 28.0 Å². The minimum absolute atomic E-state index is 0.362. The number of benzene rings is 1. The predicted octanol–water partition coefficient (Wildman–Crippen LogP) is 3.19. The van der Waals surface area contributed by atoms with E-state index in [-0.39, 0.29) is 0 Å². The van der Waals surface area contributed by atoms with E-state index in [1.807, 2.05) is 6.07 Å². The van der Waals surface area contributed by atoms with Crippen molar-refractivity contribution in [3.05, 3.63) is 21.7 Å². The van der Waals surface area contributed by atoms with Crippen LogP contribution in [0.4, 0.5) is 0 Å². The third-order valence-corrected chi connectivity index (χ3v) is 3.62. The zero-order valence-electron chi connectivity index (χ0n) is 10.3. The van der Waals surface area contributed by atoms with Crippen molar-refractivity contribution in [3.63, 3.8) is 0 Å². The van der Waals surface area contributed by atoms with Gasteiger partial charge in [0, 0.05) is 23.0 Å². The van der Waals surface area contributed by atoms with Crippen molar-refractivity contribution in [2.45, 2.75) is 32.7 Å². The molecule has 0 aromatic heterocycles. The fourth-order valence-electron chi connectivity index (χ4n) is 2.16. The summed E-state index contributed by atoms with van der Waals surface area (Å²) in [6.45, 7) is 6.22. The molecule has 2 N–H and O–H groups in total. The van der Waals surface area contributed by atoms with Crippen molar-refractivity contribution in [2.75, 3.05) is 13.2 Å². The Morgan fingerprint density at radius 1 is 1.35 bits per heavy atom. The van der Waals surface area contributed by atoms with Crippen LogP contribution in [0.5, 0.6) is 11.5 Å². The van der Waals surface area contributed by atoms with Crippen LogP contribution in [0.2, 0.25) is 0 Å². The minimum atomic E-state index is 0.362. The van der Waals surface area contributed by atoms with E-state index < -0.39 is 0 Å². The standard InChI is InChI=1S/C13H18BrNO2/c1-8(2)12-9(7-15)10(14)6-11-13(12)17-5-3-4-16-11/h6,8H,3-5,7,15H2,1-2H3. The highest BCUT2D eigenvalue weighted by atomic mass is 79.9. The number of hydrogen-bond acceptors (Lipinski definition) is 3. The Kier molecular flexibility index (Phi) is 3.94. The van der Waals surface area contributed by atoms with Crippen molar-refractivity contribution in [2.24, 2.45) is 5.73 Å². The Labute approximate surface area is 110 Å². The summed E-state index contributed by atoms with van der Waals surface area (Å²) in [5, 5.41) is 0. The zero-order chi connectivity index (χ0) is 12.4. The minimum Gasteiger partial charge on any atom is -0.490 e. The van der Waals surface area contributed by atoms with Gasteiger partial charge in [0.05, 0.1) is 13.2 Å². The smallest absolute Gasteiger partial charge is 0.165 e. The first-order valence-electron chi connectivity index (χ1n) is 5.96. The second-order valence-corrected chi connectivity index (χ2v) is 5.34. The molecule has 17 heavy (non-hydrogen) atoms. The molecule has 0 fully saturated rings.